The quantitative estimate of drug-likeness (QED) is 0.315. The number of nitrogens with one attached hydrogen (secondary N) is 1. The highest BCUT2D eigenvalue weighted by atomic mass is 32.2. The molecule has 2 heterocycles. The zero-order valence-electron chi connectivity index (χ0n) is 18.6. The van der Waals surface area contributed by atoms with Crippen molar-refractivity contribution in [2.45, 2.75) is 11.5 Å². The summed E-state index contributed by atoms with van der Waals surface area (Å²) in [5, 5.41) is 8.63. The van der Waals surface area contributed by atoms with Crippen LogP contribution in [0.3, 0.4) is 0 Å². The number of nitrogens with zero attached hydrogens (tertiary/aromatic N) is 2. The van der Waals surface area contributed by atoms with E-state index in [0.717, 1.165) is 24.6 Å². The minimum absolute atomic E-state index is 0.0329. The predicted octanol–water partition coefficient (Wildman–Crippen LogP) is 4.14. The second-order valence-electron chi connectivity index (χ2n) is 7.61. The Labute approximate surface area is 206 Å². The van der Waals surface area contributed by atoms with Gasteiger partial charge in [-0.15, -0.1) is 0 Å². The fourth-order valence-electron chi connectivity index (χ4n) is 3.54. The van der Waals surface area contributed by atoms with Gasteiger partial charge >= 0.3 is 6.61 Å². The first-order chi connectivity index (χ1) is 17.5. The molecule has 0 unspecified atom stereocenters. The van der Waals surface area contributed by atoms with Crippen molar-refractivity contribution in [3.63, 3.8) is 0 Å². The third-order valence-corrected chi connectivity index (χ3v) is 6.29. The highest BCUT2D eigenvalue weighted by Gasteiger charge is 2.20. The zero-order chi connectivity index (χ0) is 26.9. The Morgan fingerprint density at radius 1 is 1.11 bits per heavy atom. The van der Waals surface area contributed by atoms with Gasteiger partial charge in [0.1, 0.15) is 5.82 Å². The Hall–Kier alpha value is -4.68. The molecule has 12 heteroatoms. The summed E-state index contributed by atoms with van der Waals surface area (Å²) in [5.74, 6) is 1.64. The molecule has 4 rings (SSSR count). The lowest BCUT2D eigenvalue weighted by Gasteiger charge is -2.11. The molecule has 186 valence electrons. The van der Waals surface area contributed by atoms with Gasteiger partial charge in [0.15, 0.2) is 26.8 Å². The van der Waals surface area contributed by atoms with E-state index >= 15 is 4.39 Å². The lowest BCUT2D eigenvalue weighted by atomic mass is 10.0. The molecule has 0 amide bonds. The molecule has 1 N–H and O–H groups in total. The van der Waals surface area contributed by atoms with Gasteiger partial charge in [0, 0.05) is 24.1 Å². The second-order valence-corrected chi connectivity index (χ2v) is 9.60. The van der Waals surface area contributed by atoms with E-state index in [1.807, 2.05) is 6.07 Å². The molecule has 37 heavy (non-hydrogen) atoms. The standard InChI is InChI=1S/C25H13F4N3O4S/c1-37(34,35)22-5-2-13(11-30)8-16(22)18-10-20(33)23-19(32-18)9-17(26)15(24(23)27)4-3-14-6-7-31-12-21(14)36-25(28)29/h2,5-10,12,25H,1H3,(H,32,33). The molecule has 2 aromatic heterocycles. The molecule has 7 nitrogen and oxygen atoms in total. The topological polar surface area (TPSA) is 113 Å². The van der Waals surface area contributed by atoms with Gasteiger partial charge in [-0.05, 0) is 30.3 Å². The van der Waals surface area contributed by atoms with E-state index in [-0.39, 0.29) is 32.8 Å². The van der Waals surface area contributed by atoms with Gasteiger partial charge in [0.2, 0.25) is 0 Å². The summed E-state index contributed by atoms with van der Waals surface area (Å²) in [4.78, 5) is 18.9. The second kappa shape index (κ2) is 9.76. The van der Waals surface area contributed by atoms with Crippen LogP contribution in [0.15, 0.2) is 58.5 Å². The van der Waals surface area contributed by atoms with E-state index in [0.29, 0.717) is 0 Å². The minimum atomic E-state index is -3.80. The largest absolute Gasteiger partial charge is 0.432 e. The molecule has 0 spiro atoms. The molecule has 0 saturated heterocycles. The molecule has 0 atom stereocenters. The van der Waals surface area contributed by atoms with Gasteiger partial charge in [0.25, 0.3) is 0 Å². The predicted molar refractivity (Wildman–Crippen MR) is 125 cm³/mol. The first-order valence-corrected chi connectivity index (χ1v) is 12.1. The van der Waals surface area contributed by atoms with Gasteiger partial charge in [-0.1, -0.05) is 11.8 Å². The number of fused-ring (bicyclic) bond motifs is 1. The van der Waals surface area contributed by atoms with Crippen molar-refractivity contribution >= 4 is 20.7 Å². The summed E-state index contributed by atoms with van der Waals surface area (Å²) < 4.78 is 84.1. The SMILES string of the molecule is CS(=O)(=O)c1ccc(C#N)cc1-c1cc(=O)c2c(F)c(C#Cc3ccncc3OC(F)F)c(F)cc2[nH]1. The van der Waals surface area contributed by atoms with Crippen LogP contribution in [0.5, 0.6) is 5.75 Å². The normalized spacial score (nSPS) is 11.2. The van der Waals surface area contributed by atoms with Crippen molar-refractivity contribution in [2.24, 2.45) is 0 Å². The van der Waals surface area contributed by atoms with Crippen molar-refractivity contribution in [3.8, 4) is 34.9 Å². The van der Waals surface area contributed by atoms with E-state index in [1.165, 1.54) is 30.5 Å². The molecule has 0 bridgehead atoms. The summed E-state index contributed by atoms with van der Waals surface area (Å²) in [7, 11) is -3.80. The fraction of sp³-hybridized carbons (Fsp3) is 0.0800. The molecule has 0 radical (unpaired) electrons. The lowest BCUT2D eigenvalue weighted by molar-refractivity contribution is -0.0502. The highest BCUT2D eigenvalue weighted by molar-refractivity contribution is 7.90. The molecule has 0 aliphatic carbocycles. The smallest absolute Gasteiger partial charge is 0.387 e. The van der Waals surface area contributed by atoms with Gasteiger partial charge in [-0.25, -0.2) is 17.2 Å². The van der Waals surface area contributed by atoms with E-state index in [9.17, 15) is 31.6 Å². The van der Waals surface area contributed by atoms with E-state index in [2.05, 4.69) is 26.5 Å². The van der Waals surface area contributed by atoms with Crippen LogP contribution < -0.4 is 10.2 Å². The van der Waals surface area contributed by atoms with E-state index in [4.69, 9.17) is 0 Å². The van der Waals surface area contributed by atoms with Crippen LogP contribution in [0.2, 0.25) is 0 Å². The molecule has 0 saturated carbocycles. The first kappa shape index (κ1) is 25.4. The third-order valence-electron chi connectivity index (χ3n) is 5.13. The summed E-state index contributed by atoms with van der Waals surface area (Å²) in [6.45, 7) is -3.18. The van der Waals surface area contributed by atoms with Crippen LogP contribution in [0, 0.1) is 34.8 Å². The number of ether oxygens (including phenoxy) is 1. The van der Waals surface area contributed by atoms with Gasteiger partial charge in [-0.2, -0.15) is 14.0 Å². The van der Waals surface area contributed by atoms with Crippen LogP contribution in [-0.4, -0.2) is 31.3 Å². The van der Waals surface area contributed by atoms with Crippen molar-refractivity contribution in [1.29, 1.82) is 5.26 Å². The molecule has 0 aliphatic heterocycles. The van der Waals surface area contributed by atoms with Gasteiger partial charge in [0.05, 0.1) is 50.4 Å². The van der Waals surface area contributed by atoms with Crippen LogP contribution in [0.25, 0.3) is 22.2 Å². The summed E-state index contributed by atoms with van der Waals surface area (Å²) in [6.07, 6.45) is 3.11. The number of halogens is 4. The van der Waals surface area contributed by atoms with Crippen molar-refractivity contribution < 1.29 is 30.7 Å². The Balaban J connectivity index is 1.90. The van der Waals surface area contributed by atoms with Crippen molar-refractivity contribution in [2.75, 3.05) is 6.26 Å². The third kappa shape index (κ3) is 5.15. The first-order valence-electron chi connectivity index (χ1n) is 10.2. The number of aromatic amines is 1. The fourth-order valence-corrected chi connectivity index (χ4v) is 4.42. The van der Waals surface area contributed by atoms with Crippen molar-refractivity contribution in [3.05, 3.63) is 87.3 Å². The van der Waals surface area contributed by atoms with Gasteiger partial charge < -0.3 is 9.72 Å². The number of nitriles is 1. The number of hydrogen-bond donors (Lipinski definition) is 1. The lowest BCUT2D eigenvalue weighted by Crippen LogP contribution is -2.09. The molecule has 0 aliphatic rings. The van der Waals surface area contributed by atoms with E-state index < -0.39 is 50.2 Å². The minimum Gasteiger partial charge on any atom is -0.432 e. The maximum Gasteiger partial charge on any atom is 0.387 e. The van der Waals surface area contributed by atoms with Crippen molar-refractivity contribution in [1.82, 2.24) is 9.97 Å². The Morgan fingerprint density at radius 2 is 1.86 bits per heavy atom. The molecule has 4 aromatic rings. The van der Waals surface area contributed by atoms with Crippen LogP contribution in [-0.2, 0) is 9.84 Å². The van der Waals surface area contributed by atoms with Crippen LogP contribution in [0.4, 0.5) is 17.6 Å². The average molecular weight is 527 g/mol. The average Bonchev–Trinajstić information content (AvgIpc) is 2.83. The summed E-state index contributed by atoms with van der Waals surface area (Å²) >= 11 is 0. The molecule has 0 fully saturated rings. The van der Waals surface area contributed by atoms with E-state index in [1.54, 1.807) is 0 Å². The zero-order valence-corrected chi connectivity index (χ0v) is 19.5. The number of H-pyrrole nitrogens is 1. The van der Waals surface area contributed by atoms with Crippen LogP contribution >= 0.6 is 0 Å². The number of rotatable bonds is 4. The molecular weight excluding hydrogens is 514 g/mol. The molecular formula is C25H13F4N3O4S. The number of sulfone groups is 1. The number of alkyl halides is 2. The Bertz CT molecular complexity index is 1840. The summed E-state index contributed by atoms with van der Waals surface area (Å²) in [5.41, 5.74) is -2.16. The number of pyridine rings is 2. The Morgan fingerprint density at radius 3 is 2.54 bits per heavy atom. The van der Waals surface area contributed by atoms with Gasteiger partial charge in [-0.3, -0.25) is 9.78 Å². The van der Waals surface area contributed by atoms with Crippen LogP contribution in [0.1, 0.15) is 16.7 Å². The highest BCUT2D eigenvalue weighted by Crippen LogP contribution is 2.29. The number of aromatic nitrogens is 2. The summed E-state index contributed by atoms with van der Waals surface area (Å²) in [6, 6.07) is 8.48. The Kier molecular flexibility index (Phi) is 6.70. The number of hydrogen-bond acceptors (Lipinski definition) is 6. The maximum absolute atomic E-state index is 15.3. The maximum atomic E-state index is 15.3. The monoisotopic (exact) mass is 527 g/mol. The number of benzene rings is 2. The molecule has 2 aromatic carbocycles.